The van der Waals surface area contributed by atoms with Gasteiger partial charge in [-0.05, 0) is 89.9 Å². The fraction of sp³-hybridized carbons (Fsp3) is 0.717. The number of unbranched alkanes of at least 4 members (excludes halogenated alkanes) is 21. The molecule has 0 heterocycles. The molecule has 0 aliphatic carbocycles. The van der Waals surface area contributed by atoms with E-state index in [0.717, 1.165) is 70.6 Å². The van der Waals surface area contributed by atoms with Crippen LogP contribution in [0.15, 0.2) is 85.1 Å². The van der Waals surface area contributed by atoms with Gasteiger partial charge in [-0.1, -0.05) is 202 Å². The Balaban J connectivity index is 4.29. The SMILES string of the molecule is CC/C=C/C/C=C/C/C=C/C/C=C/C/C=C/C/C=C/CCCCC(=O)OC(COCCC(C(=O)O)[N+](C)(C)C)COC(=O)CCCCCCCCC/C=C/CCCCCCCCCCCCCC. The molecule has 0 aliphatic rings. The number of ether oxygens (including phenoxy) is 3. The Morgan fingerprint density at radius 2 is 0.824 bits per heavy atom. The van der Waals surface area contributed by atoms with Gasteiger partial charge in [-0.2, -0.15) is 0 Å². The molecule has 0 bridgehead atoms. The number of aliphatic carboxylic acids is 1. The second-order valence-electron chi connectivity index (χ2n) is 19.5. The van der Waals surface area contributed by atoms with E-state index in [1.54, 1.807) is 0 Å². The quantitative estimate of drug-likeness (QED) is 0.0281. The summed E-state index contributed by atoms with van der Waals surface area (Å²) in [6.07, 6.45) is 66.5. The van der Waals surface area contributed by atoms with Gasteiger partial charge in [0.2, 0.25) is 0 Å². The molecule has 0 saturated carbocycles. The Labute approximate surface area is 418 Å². The van der Waals surface area contributed by atoms with E-state index in [-0.39, 0.29) is 42.7 Å². The molecule has 8 heteroatoms. The Morgan fingerprint density at radius 3 is 1.26 bits per heavy atom. The highest BCUT2D eigenvalue weighted by atomic mass is 16.6. The molecule has 0 radical (unpaired) electrons. The molecule has 0 aliphatic heterocycles. The Hall–Kier alpha value is -3.49. The third kappa shape index (κ3) is 47.6. The van der Waals surface area contributed by atoms with Gasteiger partial charge in [0.25, 0.3) is 0 Å². The molecule has 0 aromatic carbocycles. The summed E-state index contributed by atoms with van der Waals surface area (Å²) in [5.41, 5.74) is 0. The number of quaternary nitrogens is 1. The van der Waals surface area contributed by atoms with Crippen molar-refractivity contribution in [3.63, 3.8) is 0 Å². The van der Waals surface area contributed by atoms with Crippen LogP contribution in [0.5, 0.6) is 0 Å². The van der Waals surface area contributed by atoms with E-state index >= 15 is 0 Å². The summed E-state index contributed by atoms with van der Waals surface area (Å²) in [4.78, 5) is 37.2. The minimum atomic E-state index is -0.884. The van der Waals surface area contributed by atoms with Gasteiger partial charge in [-0.15, -0.1) is 0 Å². The average molecular weight is 951 g/mol. The van der Waals surface area contributed by atoms with Crippen LogP contribution in [0.25, 0.3) is 0 Å². The van der Waals surface area contributed by atoms with E-state index in [4.69, 9.17) is 14.2 Å². The highest BCUT2D eigenvalue weighted by Gasteiger charge is 2.31. The number of likely N-dealkylation sites (N-methyl/N-ethyl adjacent to an activating group) is 1. The lowest BCUT2D eigenvalue weighted by atomic mass is 10.0. The first-order chi connectivity index (χ1) is 33.1. The minimum Gasteiger partial charge on any atom is -0.477 e. The molecule has 0 rings (SSSR count). The van der Waals surface area contributed by atoms with Crippen LogP contribution in [0, 0.1) is 0 Å². The van der Waals surface area contributed by atoms with Crippen molar-refractivity contribution in [3.05, 3.63) is 85.1 Å². The first kappa shape index (κ1) is 64.5. The molecule has 0 fully saturated rings. The molecule has 0 amide bonds. The smallest absolute Gasteiger partial charge is 0.362 e. The summed E-state index contributed by atoms with van der Waals surface area (Å²) < 4.78 is 17.3. The summed E-state index contributed by atoms with van der Waals surface area (Å²) in [5, 5.41) is 9.67. The van der Waals surface area contributed by atoms with Gasteiger partial charge in [-0.25, -0.2) is 4.79 Å². The number of allylic oxidation sites excluding steroid dienone is 14. The highest BCUT2D eigenvalue weighted by Crippen LogP contribution is 2.15. The average Bonchev–Trinajstić information content (AvgIpc) is 3.30. The maximum atomic E-state index is 12.8. The summed E-state index contributed by atoms with van der Waals surface area (Å²) >= 11 is 0. The second kappa shape index (κ2) is 49.9. The van der Waals surface area contributed by atoms with Gasteiger partial charge in [0.05, 0.1) is 34.4 Å². The van der Waals surface area contributed by atoms with E-state index < -0.39 is 18.1 Å². The fourth-order valence-electron chi connectivity index (χ4n) is 7.80. The van der Waals surface area contributed by atoms with Crippen molar-refractivity contribution in [2.24, 2.45) is 0 Å². The molecule has 390 valence electrons. The zero-order valence-corrected chi connectivity index (χ0v) is 44.5. The van der Waals surface area contributed by atoms with Crippen molar-refractivity contribution in [3.8, 4) is 0 Å². The van der Waals surface area contributed by atoms with Gasteiger partial charge < -0.3 is 23.8 Å². The molecule has 0 aromatic heterocycles. The first-order valence-electron chi connectivity index (χ1n) is 27.6. The second-order valence-corrected chi connectivity index (χ2v) is 19.5. The van der Waals surface area contributed by atoms with Crippen molar-refractivity contribution in [2.75, 3.05) is 41.0 Å². The number of hydrogen-bond donors (Lipinski definition) is 1. The van der Waals surface area contributed by atoms with Gasteiger partial charge >= 0.3 is 17.9 Å². The number of hydrogen-bond acceptors (Lipinski definition) is 6. The predicted molar refractivity (Wildman–Crippen MR) is 289 cm³/mol. The Bertz CT molecular complexity index is 1380. The molecule has 68 heavy (non-hydrogen) atoms. The summed E-state index contributed by atoms with van der Waals surface area (Å²) in [5.74, 6) is -1.53. The van der Waals surface area contributed by atoms with Gasteiger partial charge in [0.1, 0.15) is 6.61 Å². The normalized spacial score (nSPS) is 13.5. The van der Waals surface area contributed by atoms with Gasteiger partial charge in [0, 0.05) is 19.3 Å². The van der Waals surface area contributed by atoms with E-state index in [0.29, 0.717) is 19.3 Å². The molecule has 2 atom stereocenters. The van der Waals surface area contributed by atoms with E-state index in [9.17, 15) is 19.5 Å². The lowest BCUT2D eigenvalue weighted by molar-refractivity contribution is -0.887. The maximum Gasteiger partial charge on any atom is 0.362 e. The van der Waals surface area contributed by atoms with Crippen molar-refractivity contribution in [1.29, 1.82) is 0 Å². The summed E-state index contributed by atoms with van der Waals surface area (Å²) in [6.45, 7) is 4.59. The zero-order valence-electron chi connectivity index (χ0n) is 44.5. The third-order valence-corrected chi connectivity index (χ3v) is 12.0. The van der Waals surface area contributed by atoms with Crippen LogP contribution in [0.4, 0.5) is 0 Å². The molecular formula is C60H104NO7+. The van der Waals surface area contributed by atoms with Gasteiger partial charge in [0.15, 0.2) is 12.1 Å². The standard InChI is InChI=1S/C60H103NO7/c1-6-8-10-12-14-16-18-20-22-24-26-28-29-31-32-34-36-38-40-42-44-46-48-50-58(62)67-55-56(54-66-53-52-57(60(64)65)61(3,4)5)68-59(63)51-49-47-45-43-41-39-37-35-33-30-27-25-23-21-19-17-15-13-11-9-7-2/h9,11,15,17,21,23,27,30-32,35,37,41,43,56-57H,6-8,10,12-14,16,18-20,22,24-26,28-29,33-34,36,38-40,42,44-55H2,1-5H3/p+1/b11-9+,17-15+,23-21+,30-27+,32-31+,37-35+,43-41+. The molecular weight excluding hydrogens is 847 g/mol. The number of carbonyl (C=O) groups excluding carboxylic acids is 2. The van der Waals surface area contributed by atoms with Crippen molar-refractivity contribution >= 4 is 17.9 Å². The molecule has 2 unspecified atom stereocenters. The van der Waals surface area contributed by atoms with E-state index in [1.165, 1.54) is 116 Å². The van der Waals surface area contributed by atoms with Crippen molar-refractivity contribution < 1.29 is 38.2 Å². The van der Waals surface area contributed by atoms with Crippen molar-refractivity contribution in [1.82, 2.24) is 0 Å². The fourth-order valence-corrected chi connectivity index (χ4v) is 7.80. The third-order valence-electron chi connectivity index (χ3n) is 12.0. The predicted octanol–water partition coefficient (Wildman–Crippen LogP) is 16.4. The number of carbonyl (C=O) groups is 3. The maximum absolute atomic E-state index is 12.8. The minimum absolute atomic E-state index is 0.0380. The largest absolute Gasteiger partial charge is 0.477 e. The summed E-state index contributed by atoms with van der Waals surface area (Å²) in [6, 6.07) is -0.629. The van der Waals surface area contributed by atoms with Crippen LogP contribution in [0.1, 0.15) is 226 Å². The zero-order chi connectivity index (χ0) is 49.9. The number of esters is 2. The van der Waals surface area contributed by atoms with Crippen LogP contribution in [0.3, 0.4) is 0 Å². The van der Waals surface area contributed by atoms with Crippen LogP contribution >= 0.6 is 0 Å². The van der Waals surface area contributed by atoms with Crippen molar-refractivity contribution in [2.45, 2.75) is 238 Å². The monoisotopic (exact) mass is 951 g/mol. The molecule has 0 spiro atoms. The molecule has 0 saturated heterocycles. The Kier molecular flexibility index (Phi) is 47.4. The number of rotatable bonds is 49. The lowest BCUT2D eigenvalue weighted by Crippen LogP contribution is -2.50. The van der Waals surface area contributed by atoms with E-state index in [1.807, 2.05) is 21.1 Å². The Morgan fingerprint density at radius 1 is 0.456 bits per heavy atom. The number of carboxylic acid groups (broad SMARTS) is 1. The van der Waals surface area contributed by atoms with Crippen LogP contribution < -0.4 is 0 Å². The highest BCUT2D eigenvalue weighted by molar-refractivity contribution is 5.72. The molecule has 8 nitrogen and oxygen atoms in total. The van der Waals surface area contributed by atoms with E-state index in [2.05, 4.69) is 98.9 Å². The number of nitrogens with zero attached hydrogens (tertiary/aromatic N) is 1. The first-order valence-corrected chi connectivity index (χ1v) is 27.6. The number of carboxylic acids is 1. The van der Waals surface area contributed by atoms with Crippen LogP contribution in [-0.2, 0) is 28.6 Å². The van der Waals surface area contributed by atoms with Gasteiger partial charge in [-0.3, -0.25) is 9.59 Å². The summed E-state index contributed by atoms with van der Waals surface area (Å²) in [7, 11) is 5.52. The van der Waals surface area contributed by atoms with Crippen LogP contribution in [-0.4, -0.2) is 80.6 Å². The topological polar surface area (TPSA) is 99.1 Å². The van der Waals surface area contributed by atoms with Crippen LogP contribution in [0.2, 0.25) is 0 Å². The molecule has 1 N–H and O–H groups in total. The lowest BCUT2D eigenvalue weighted by Gasteiger charge is -2.31. The molecule has 0 aromatic rings.